The predicted octanol–water partition coefficient (Wildman–Crippen LogP) is 3.64. The minimum Gasteiger partial charge on any atom is -0.355 e. The molecule has 4 rings (SSSR count). The average Bonchev–Trinajstić information content (AvgIpc) is 3.33. The Kier molecular flexibility index (Phi) is 5.96. The zero-order valence-electron chi connectivity index (χ0n) is 18.5. The van der Waals surface area contributed by atoms with Gasteiger partial charge in [-0.3, -0.25) is 14.2 Å². The van der Waals surface area contributed by atoms with Gasteiger partial charge in [0.25, 0.3) is 11.5 Å². The number of amides is 1. The first kappa shape index (κ1) is 23.4. The van der Waals surface area contributed by atoms with Crippen LogP contribution in [0.2, 0.25) is 0 Å². The van der Waals surface area contributed by atoms with Gasteiger partial charge in [0.15, 0.2) is 5.82 Å². The van der Waals surface area contributed by atoms with Crippen molar-refractivity contribution in [3.63, 3.8) is 0 Å². The van der Waals surface area contributed by atoms with E-state index in [4.69, 9.17) is 5.26 Å². The van der Waals surface area contributed by atoms with Gasteiger partial charge in [0.2, 0.25) is 0 Å². The van der Waals surface area contributed by atoms with Crippen LogP contribution in [0, 0.1) is 18.3 Å². The van der Waals surface area contributed by atoms with Crippen LogP contribution in [-0.2, 0) is 6.18 Å². The van der Waals surface area contributed by atoms with Crippen molar-refractivity contribution in [2.24, 2.45) is 0 Å². The Balaban J connectivity index is 1.99. The first-order valence-electron chi connectivity index (χ1n) is 10.2. The minimum atomic E-state index is -4.62. The molecule has 0 aliphatic carbocycles. The smallest absolute Gasteiger partial charge is 0.355 e. The lowest BCUT2D eigenvalue weighted by molar-refractivity contribution is -0.137. The van der Waals surface area contributed by atoms with Gasteiger partial charge in [0.1, 0.15) is 11.9 Å². The molecule has 0 spiro atoms. The highest BCUT2D eigenvalue weighted by Gasteiger charge is 2.31. The SMILES string of the molecule is CNC(=O)c1cc(-c2ncnn2-c2ccc(C#N)cc2)c(C)n(-c2cccc(C(F)(F)F)c2)c1=O. The van der Waals surface area contributed by atoms with Gasteiger partial charge in [-0.15, -0.1) is 0 Å². The van der Waals surface area contributed by atoms with Crippen molar-refractivity contribution in [2.45, 2.75) is 13.1 Å². The minimum absolute atomic E-state index is 0.0567. The number of alkyl halides is 3. The summed E-state index contributed by atoms with van der Waals surface area (Å²) in [5, 5.41) is 15.6. The van der Waals surface area contributed by atoms with Crippen molar-refractivity contribution in [1.82, 2.24) is 24.6 Å². The first-order valence-corrected chi connectivity index (χ1v) is 10.2. The lowest BCUT2D eigenvalue weighted by Gasteiger charge is -2.18. The molecular weight excluding hydrogens is 461 g/mol. The third-order valence-electron chi connectivity index (χ3n) is 5.38. The molecule has 35 heavy (non-hydrogen) atoms. The number of benzene rings is 2. The maximum atomic E-state index is 13.4. The molecule has 2 heterocycles. The molecular formula is C24H17F3N6O2. The number of nitrogens with one attached hydrogen (secondary N) is 1. The van der Waals surface area contributed by atoms with E-state index in [0.29, 0.717) is 16.8 Å². The molecule has 176 valence electrons. The van der Waals surface area contributed by atoms with E-state index >= 15 is 0 Å². The average molecular weight is 478 g/mol. The molecule has 0 bridgehead atoms. The third kappa shape index (κ3) is 4.29. The number of rotatable bonds is 4. The van der Waals surface area contributed by atoms with Crippen molar-refractivity contribution >= 4 is 5.91 Å². The van der Waals surface area contributed by atoms with Crippen LogP contribution in [0.25, 0.3) is 22.8 Å². The summed E-state index contributed by atoms with van der Waals surface area (Å²) >= 11 is 0. The van der Waals surface area contributed by atoms with Crippen LogP contribution < -0.4 is 10.9 Å². The van der Waals surface area contributed by atoms with Crippen LogP contribution in [-0.4, -0.2) is 32.3 Å². The quantitative estimate of drug-likeness (QED) is 0.482. The molecule has 0 unspecified atom stereocenters. The van der Waals surface area contributed by atoms with E-state index in [1.807, 2.05) is 6.07 Å². The molecule has 0 aliphatic heterocycles. The van der Waals surface area contributed by atoms with Gasteiger partial charge < -0.3 is 5.32 Å². The summed E-state index contributed by atoms with van der Waals surface area (Å²) in [6.07, 6.45) is -3.35. The van der Waals surface area contributed by atoms with Crippen LogP contribution in [0.1, 0.15) is 27.2 Å². The zero-order chi connectivity index (χ0) is 25.3. The molecule has 0 saturated heterocycles. The Morgan fingerprint density at radius 2 is 1.80 bits per heavy atom. The van der Waals surface area contributed by atoms with Crippen molar-refractivity contribution in [2.75, 3.05) is 7.05 Å². The fourth-order valence-corrected chi connectivity index (χ4v) is 3.65. The Morgan fingerprint density at radius 3 is 2.43 bits per heavy atom. The van der Waals surface area contributed by atoms with E-state index in [-0.39, 0.29) is 22.8 Å². The molecule has 0 aliphatic rings. The highest BCUT2D eigenvalue weighted by molar-refractivity contribution is 5.95. The van der Waals surface area contributed by atoms with Crippen LogP contribution in [0.5, 0.6) is 0 Å². The van der Waals surface area contributed by atoms with Crippen molar-refractivity contribution in [1.29, 1.82) is 5.26 Å². The summed E-state index contributed by atoms with van der Waals surface area (Å²) in [7, 11) is 1.34. The second-order valence-corrected chi connectivity index (χ2v) is 7.48. The van der Waals surface area contributed by atoms with E-state index in [2.05, 4.69) is 15.4 Å². The van der Waals surface area contributed by atoms with Crippen LogP contribution in [0.15, 0.2) is 65.7 Å². The standard InChI is InChI=1S/C24H17F3N6O2/c1-14-19(21-30-13-31-33(21)17-8-6-15(12-28)7-9-17)11-20(22(34)29-2)23(35)32(14)18-5-3-4-16(10-18)24(25,26)27/h3-11,13H,1-2H3,(H,29,34). The second-order valence-electron chi connectivity index (χ2n) is 7.48. The van der Waals surface area contributed by atoms with Crippen molar-refractivity contribution in [3.05, 3.63) is 93.7 Å². The molecule has 0 saturated carbocycles. The van der Waals surface area contributed by atoms with Gasteiger partial charge in [-0.2, -0.15) is 23.5 Å². The molecule has 4 aromatic rings. The number of hydrogen-bond donors (Lipinski definition) is 1. The number of nitriles is 1. The fraction of sp³-hybridized carbons (Fsp3) is 0.125. The zero-order valence-corrected chi connectivity index (χ0v) is 18.5. The van der Waals surface area contributed by atoms with E-state index < -0.39 is 23.2 Å². The van der Waals surface area contributed by atoms with Crippen LogP contribution in [0.3, 0.4) is 0 Å². The topological polar surface area (TPSA) is 106 Å². The molecule has 1 N–H and O–H groups in total. The third-order valence-corrected chi connectivity index (χ3v) is 5.38. The summed E-state index contributed by atoms with van der Waals surface area (Å²) in [5.41, 5.74) is -0.505. The predicted molar refractivity (Wildman–Crippen MR) is 120 cm³/mol. The van der Waals surface area contributed by atoms with E-state index in [1.54, 1.807) is 31.2 Å². The number of nitrogens with zero attached hydrogens (tertiary/aromatic N) is 5. The fourth-order valence-electron chi connectivity index (χ4n) is 3.65. The number of halogens is 3. The molecule has 2 aromatic heterocycles. The molecule has 0 fully saturated rings. The Bertz CT molecular complexity index is 1530. The Morgan fingerprint density at radius 1 is 1.09 bits per heavy atom. The molecule has 0 atom stereocenters. The molecule has 11 heteroatoms. The van der Waals surface area contributed by atoms with Gasteiger partial charge >= 0.3 is 6.18 Å². The monoisotopic (exact) mass is 478 g/mol. The van der Waals surface area contributed by atoms with E-state index in [9.17, 15) is 22.8 Å². The van der Waals surface area contributed by atoms with Crippen molar-refractivity contribution < 1.29 is 18.0 Å². The Hall–Kier alpha value is -4.72. The molecule has 2 aromatic carbocycles. The van der Waals surface area contributed by atoms with E-state index in [1.165, 1.54) is 36.3 Å². The molecule has 0 radical (unpaired) electrons. The van der Waals surface area contributed by atoms with Gasteiger partial charge in [-0.1, -0.05) is 6.07 Å². The summed E-state index contributed by atoms with van der Waals surface area (Å²) in [6.45, 7) is 1.54. The van der Waals surface area contributed by atoms with E-state index in [0.717, 1.165) is 16.7 Å². The number of carbonyl (C=O) groups is 1. The summed E-state index contributed by atoms with van der Waals surface area (Å²) in [5.74, 6) is -0.459. The molecule has 1 amide bonds. The maximum Gasteiger partial charge on any atom is 0.416 e. The molecule has 8 nitrogen and oxygen atoms in total. The van der Waals surface area contributed by atoms with Gasteiger partial charge in [-0.05, 0) is 55.5 Å². The summed E-state index contributed by atoms with van der Waals surface area (Å²) in [4.78, 5) is 30.0. The largest absolute Gasteiger partial charge is 0.416 e. The Labute approximate surface area is 196 Å². The second kappa shape index (κ2) is 8.90. The highest BCUT2D eigenvalue weighted by Crippen LogP contribution is 2.31. The first-order chi connectivity index (χ1) is 16.7. The highest BCUT2D eigenvalue weighted by atomic mass is 19.4. The summed E-state index contributed by atoms with van der Waals surface area (Å²) < 4.78 is 42.5. The summed E-state index contributed by atoms with van der Waals surface area (Å²) in [6, 6.07) is 14.1. The number of pyridine rings is 1. The lowest BCUT2D eigenvalue weighted by Crippen LogP contribution is -2.32. The normalized spacial score (nSPS) is 11.2. The lowest BCUT2D eigenvalue weighted by atomic mass is 10.1. The van der Waals surface area contributed by atoms with Gasteiger partial charge in [0, 0.05) is 24.0 Å². The van der Waals surface area contributed by atoms with Crippen molar-refractivity contribution in [3.8, 4) is 28.8 Å². The van der Waals surface area contributed by atoms with Crippen LogP contribution in [0.4, 0.5) is 13.2 Å². The number of carbonyl (C=O) groups excluding carboxylic acids is 1. The van der Waals surface area contributed by atoms with Gasteiger partial charge in [0.05, 0.1) is 22.9 Å². The van der Waals surface area contributed by atoms with Crippen LogP contribution >= 0.6 is 0 Å². The number of aromatic nitrogens is 4. The maximum absolute atomic E-state index is 13.4. The number of hydrogen-bond acceptors (Lipinski definition) is 5. The van der Waals surface area contributed by atoms with Gasteiger partial charge in [-0.25, -0.2) is 9.67 Å².